The molecule has 31 heavy (non-hydrogen) atoms. The number of hydrogen-bond donors (Lipinski definition) is 1. The van der Waals surface area contributed by atoms with Crippen LogP contribution in [0.25, 0.3) is 11.3 Å². The van der Waals surface area contributed by atoms with E-state index in [9.17, 15) is 13.6 Å². The highest BCUT2D eigenvalue weighted by atomic mass is 32.2. The first-order valence-corrected chi connectivity index (χ1v) is 11.5. The van der Waals surface area contributed by atoms with Gasteiger partial charge in [0.05, 0.1) is 24.8 Å². The Hall–Kier alpha value is -3.36. The van der Waals surface area contributed by atoms with Crippen molar-refractivity contribution in [2.75, 3.05) is 18.1 Å². The zero-order valence-electron chi connectivity index (χ0n) is 17.4. The predicted molar refractivity (Wildman–Crippen MR) is 124 cm³/mol. The van der Waals surface area contributed by atoms with E-state index in [0.717, 1.165) is 33.8 Å². The third kappa shape index (κ3) is 4.12. The highest BCUT2D eigenvalue weighted by Crippen LogP contribution is 2.43. The Balaban J connectivity index is 1.80. The summed E-state index contributed by atoms with van der Waals surface area (Å²) in [6.07, 6.45) is 8.04. The minimum Gasteiger partial charge on any atom is -0.754 e. The largest absolute Gasteiger partial charge is 0.754 e. The lowest BCUT2D eigenvalue weighted by molar-refractivity contribution is 0.413. The molecular formula is C23H22N3O4S-. The molecule has 2 heterocycles. The molecule has 0 saturated heterocycles. The molecule has 1 atom stereocenters. The topological polar surface area (TPSA) is 94.1 Å². The van der Waals surface area contributed by atoms with E-state index in [4.69, 9.17) is 4.74 Å². The molecule has 1 N–H and O–H groups in total. The molecule has 4 rings (SSSR count). The van der Waals surface area contributed by atoms with Crippen LogP contribution < -0.4 is 9.46 Å². The summed E-state index contributed by atoms with van der Waals surface area (Å²) in [6, 6.07) is 12.8. The molecular weight excluding hydrogens is 414 g/mol. The number of dihydropyridines is 1. The fourth-order valence-corrected chi connectivity index (χ4v) is 4.44. The fraction of sp³-hybridized carbons (Fsp3) is 0.174. The number of sulfonamides is 1. The molecule has 2 aliphatic heterocycles. The van der Waals surface area contributed by atoms with E-state index < -0.39 is 10.0 Å². The molecule has 2 aromatic rings. The summed E-state index contributed by atoms with van der Waals surface area (Å²) in [4.78, 5) is 4.55. The van der Waals surface area contributed by atoms with Crippen molar-refractivity contribution >= 4 is 33.2 Å². The summed E-state index contributed by atoms with van der Waals surface area (Å²) >= 11 is 0. The number of ether oxygens (including phenoxy) is 1. The van der Waals surface area contributed by atoms with Gasteiger partial charge in [-0.05, 0) is 48.5 Å². The van der Waals surface area contributed by atoms with E-state index in [1.807, 2.05) is 43.3 Å². The van der Waals surface area contributed by atoms with Crippen molar-refractivity contribution in [3.8, 4) is 5.75 Å². The van der Waals surface area contributed by atoms with Crippen LogP contribution in [0, 0.1) is 18.0 Å². The van der Waals surface area contributed by atoms with Crippen LogP contribution in [0.3, 0.4) is 0 Å². The molecule has 8 heteroatoms. The van der Waals surface area contributed by atoms with Crippen LogP contribution in [0.2, 0.25) is 0 Å². The van der Waals surface area contributed by atoms with E-state index in [0.29, 0.717) is 22.6 Å². The number of benzene rings is 2. The lowest BCUT2D eigenvalue weighted by Gasteiger charge is -2.38. The molecule has 0 radical (unpaired) electrons. The Labute approximate surface area is 181 Å². The number of fused-ring (bicyclic) bond motifs is 1. The van der Waals surface area contributed by atoms with Gasteiger partial charge in [-0.15, -0.1) is 0 Å². The van der Waals surface area contributed by atoms with Gasteiger partial charge in [0.15, 0.2) is 0 Å². The van der Waals surface area contributed by atoms with Crippen molar-refractivity contribution in [2.45, 2.75) is 6.92 Å². The second-order valence-corrected chi connectivity index (χ2v) is 9.13. The average molecular weight is 437 g/mol. The van der Waals surface area contributed by atoms with Gasteiger partial charge in [-0.1, -0.05) is 30.3 Å². The van der Waals surface area contributed by atoms with Crippen LogP contribution in [0.1, 0.15) is 16.7 Å². The summed E-state index contributed by atoms with van der Waals surface area (Å²) in [5, 5.41) is 13.6. The molecule has 0 saturated carbocycles. The van der Waals surface area contributed by atoms with Gasteiger partial charge in [0.1, 0.15) is 5.75 Å². The Kier molecular flexibility index (Phi) is 5.43. The first kappa shape index (κ1) is 20.9. The number of methoxy groups -OCH3 is 1. The summed E-state index contributed by atoms with van der Waals surface area (Å²) < 4.78 is 31.1. The normalized spacial score (nSPS) is 18.0. The van der Waals surface area contributed by atoms with Crippen molar-refractivity contribution in [1.82, 2.24) is 5.06 Å². The molecule has 0 bridgehead atoms. The van der Waals surface area contributed by atoms with Gasteiger partial charge in [0, 0.05) is 28.9 Å². The average Bonchev–Trinajstić information content (AvgIpc) is 2.73. The number of nitrogens with one attached hydrogen (secondary N) is 1. The number of nitrogens with zero attached hydrogens (tertiary/aromatic N) is 2. The molecule has 1 unspecified atom stereocenters. The molecule has 0 fully saturated rings. The minimum atomic E-state index is -3.39. The van der Waals surface area contributed by atoms with Crippen molar-refractivity contribution < 1.29 is 13.2 Å². The predicted octanol–water partition coefficient (Wildman–Crippen LogP) is 4.16. The maximum Gasteiger partial charge on any atom is 0.229 e. The van der Waals surface area contributed by atoms with E-state index in [2.05, 4.69) is 9.71 Å². The van der Waals surface area contributed by atoms with Gasteiger partial charge >= 0.3 is 0 Å². The minimum absolute atomic E-state index is 0.213. The third-order valence-electron chi connectivity index (χ3n) is 5.18. The number of hydroxylamine groups is 2. The van der Waals surface area contributed by atoms with Crippen LogP contribution in [0.5, 0.6) is 5.75 Å². The van der Waals surface area contributed by atoms with Crippen molar-refractivity contribution in [1.29, 1.82) is 0 Å². The van der Waals surface area contributed by atoms with Crippen molar-refractivity contribution in [2.24, 2.45) is 10.9 Å². The number of aryl methyl sites for hydroxylation is 1. The zero-order valence-corrected chi connectivity index (χ0v) is 18.2. The smallest absolute Gasteiger partial charge is 0.229 e. The number of allylic oxidation sites excluding steroid dienone is 2. The summed E-state index contributed by atoms with van der Waals surface area (Å²) in [6.45, 7) is 1.83. The summed E-state index contributed by atoms with van der Waals surface area (Å²) in [7, 11) is -1.77. The van der Waals surface area contributed by atoms with Crippen molar-refractivity contribution in [3.63, 3.8) is 0 Å². The Morgan fingerprint density at radius 1 is 1.16 bits per heavy atom. The third-order valence-corrected chi connectivity index (χ3v) is 5.78. The highest BCUT2D eigenvalue weighted by molar-refractivity contribution is 7.92. The van der Waals surface area contributed by atoms with E-state index in [1.165, 1.54) is 6.20 Å². The van der Waals surface area contributed by atoms with Crippen LogP contribution in [0.4, 0.5) is 5.69 Å². The number of para-hydroxylation sites is 1. The first-order chi connectivity index (χ1) is 14.8. The maximum atomic E-state index is 12.8. The van der Waals surface area contributed by atoms with Gasteiger partial charge in [-0.2, -0.15) is 0 Å². The molecule has 2 aromatic carbocycles. The van der Waals surface area contributed by atoms with Crippen LogP contribution >= 0.6 is 0 Å². The van der Waals surface area contributed by atoms with Gasteiger partial charge in [-0.3, -0.25) is 9.71 Å². The van der Waals surface area contributed by atoms with Crippen LogP contribution in [0.15, 0.2) is 71.5 Å². The first-order valence-electron chi connectivity index (χ1n) is 9.64. The molecule has 160 valence electrons. The second-order valence-electron chi connectivity index (χ2n) is 7.38. The zero-order chi connectivity index (χ0) is 22.2. The summed E-state index contributed by atoms with van der Waals surface area (Å²) in [5.41, 5.74) is 4.88. The van der Waals surface area contributed by atoms with Gasteiger partial charge < -0.3 is 15.0 Å². The number of aliphatic imine (C=N–C) groups is 1. The lowest BCUT2D eigenvalue weighted by atomic mass is 9.84. The van der Waals surface area contributed by atoms with E-state index >= 15 is 0 Å². The Morgan fingerprint density at radius 2 is 1.94 bits per heavy atom. The SMILES string of the molecule is COc1ccccc1C1=CC=NC2=C(c3ccc(NS(C)(=O)=O)cc3C)N([O-])C=CC12. The molecule has 0 amide bonds. The maximum absolute atomic E-state index is 12.8. The van der Waals surface area contributed by atoms with Crippen LogP contribution in [-0.4, -0.2) is 33.1 Å². The number of rotatable bonds is 5. The standard InChI is InChI=1S/C23H22N3O4S/c1-15-14-16(25-31(3,28)29)8-9-17(15)23-22-20(11-13-26(23)27)18(10-12-24-22)19-6-4-5-7-21(19)30-2/h4-14,20,25H,1-3H3/q-1. The Morgan fingerprint density at radius 3 is 2.65 bits per heavy atom. The molecule has 0 aliphatic carbocycles. The monoisotopic (exact) mass is 436 g/mol. The molecule has 7 nitrogen and oxygen atoms in total. The van der Waals surface area contributed by atoms with Gasteiger partial charge in [0.2, 0.25) is 10.0 Å². The second kappa shape index (κ2) is 8.05. The van der Waals surface area contributed by atoms with Crippen LogP contribution in [-0.2, 0) is 10.0 Å². The van der Waals surface area contributed by atoms with E-state index in [-0.39, 0.29) is 5.92 Å². The molecule has 0 spiro atoms. The number of hydrogen-bond acceptors (Lipinski definition) is 6. The summed E-state index contributed by atoms with van der Waals surface area (Å²) in [5.74, 6) is 0.532. The molecule has 2 aliphatic rings. The van der Waals surface area contributed by atoms with Gasteiger partial charge in [-0.25, -0.2) is 8.42 Å². The van der Waals surface area contributed by atoms with Gasteiger partial charge in [0.25, 0.3) is 0 Å². The lowest BCUT2D eigenvalue weighted by Crippen LogP contribution is -2.21. The van der Waals surface area contributed by atoms with E-state index in [1.54, 1.807) is 31.5 Å². The van der Waals surface area contributed by atoms with Crippen molar-refractivity contribution in [3.05, 3.63) is 88.4 Å². The highest BCUT2D eigenvalue weighted by Gasteiger charge is 2.29. The molecule has 0 aromatic heterocycles. The quantitative estimate of drug-likeness (QED) is 0.760. The Bertz CT molecular complexity index is 1260. The fourth-order valence-electron chi connectivity index (χ4n) is 3.89. The number of anilines is 1.